The van der Waals surface area contributed by atoms with E-state index >= 15 is 0 Å². The van der Waals surface area contributed by atoms with E-state index in [9.17, 15) is 4.39 Å². The second kappa shape index (κ2) is 4.82. The molecule has 17 heavy (non-hydrogen) atoms. The molecule has 0 amide bonds. The van der Waals surface area contributed by atoms with Crippen molar-refractivity contribution in [2.75, 3.05) is 13.1 Å². The van der Waals surface area contributed by atoms with Gasteiger partial charge in [-0.05, 0) is 66.3 Å². The van der Waals surface area contributed by atoms with Crippen LogP contribution in [0.2, 0.25) is 0 Å². The third-order valence-electron chi connectivity index (χ3n) is 3.98. The fourth-order valence-electron chi connectivity index (χ4n) is 3.25. The Labute approximate surface area is 115 Å². The Morgan fingerprint density at radius 2 is 1.94 bits per heavy atom. The smallest absolute Gasteiger partial charge is 0.227 e. The van der Waals surface area contributed by atoms with Crippen LogP contribution in [0.1, 0.15) is 31.2 Å². The molecule has 3 rings (SSSR count). The van der Waals surface area contributed by atoms with E-state index in [0.29, 0.717) is 4.47 Å². The largest absolute Gasteiger partial charge is 0.294 e. The number of rotatable bonds is 1. The molecule has 2 aliphatic rings. The van der Waals surface area contributed by atoms with Crippen molar-refractivity contribution in [1.82, 2.24) is 9.88 Å². The highest BCUT2D eigenvalue weighted by molar-refractivity contribution is 9.10. The van der Waals surface area contributed by atoms with E-state index in [1.807, 2.05) is 6.07 Å². The summed E-state index contributed by atoms with van der Waals surface area (Å²) in [5.74, 6) is -0.414. The summed E-state index contributed by atoms with van der Waals surface area (Å²) in [4.78, 5) is 6.37. The van der Waals surface area contributed by atoms with Crippen molar-refractivity contribution in [2.45, 2.75) is 31.2 Å². The Morgan fingerprint density at radius 3 is 2.53 bits per heavy atom. The van der Waals surface area contributed by atoms with Gasteiger partial charge in [0.15, 0.2) is 0 Å². The number of nitrogens with zero attached hydrogens (tertiary/aromatic N) is 2. The van der Waals surface area contributed by atoms with E-state index in [0.717, 1.165) is 0 Å². The van der Waals surface area contributed by atoms with Gasteiger partial charge in [-0.15, -0.1) is 12.4 Å². The van der Waals surface area contributed by atoms with Crippen molar-refractivity contribution in [2.24, 2.45) is 0 Å². The van der Waals surface area contributed by atoms with Crippen molar-refractivity contribution in [1.29, 1.82) is 0 Å². The van der Waals surface area contributed by atoms with Crippen LogP contribution < -0.4 is 0 Å². The Morgan fingerprint density at radius 1 is 1.29 bits per heavy atom. The third kappa shape index (κ3) is 2.00. The average molecular weight is 322 g/mol. The Balaban J connectivity index is 0.00000108. The number of hydrogen-bond donors (Lipinski definition) is 0. The molecule has 1 aromatic heterocycles. The lowest BCUT2D eigenvalue weighted by atomic mass is 9.87. The maximum absolute atomic E-state index is 13.2. The zero-order valence-electron chi connectivity index (χ0n) is 9.46. The van der Waals surface area contributed by atoms with Gasteiger partial charge in [0.05, 0.1) is 4.47 Å². The van der Waals surface area contributed by atoms with Crippen LogP contribution in [-0.4, -0.2) is 23.0 Å². The lowest BCUT2D eigenvalue weighted by molar-refractivity contribution is 0.196. The molecule has 2 fully saturated rings. The minimum atomic E-state index is -0.414. The van der Waals surface area contributed by atoms with Crippen LogP contribution >= 0.6 is 28.3 Å². The van der Waals surface area contributed by atoms with Gasteiger partial charge in [0, 0.05) is 11.7 Å². The van der Waals surface area contributed by atoms with E-state index in [1.165, 1.54) is 44.3 Å². The maximum atomic E-state index is 13.2. The monoisotopic (exact) mass is 320 g/mol. The van der Waals surface area contributed by atoms with E-state index in [2.05, 4.69) is 25.8 Å². The van der Waals surface area contributed by atoms with E-state index in [1.54, 1.807) is 6.20 Å². The molecule has 0 bridgehead atoms. The van der Waals surface area contributed by atoms with Crippen molar-refractivity contribution < 1.29 is 4.39 Å². The van der Waals surface area contributed by atoms with E-state index in [-0.39, 0.29) is 17.9 Å². The fraction of sp³-hybridized carbons (Fsp3) is 0.583. The van der Waals surface area contributed by atoms with Gasteiger partial charge in [0.2, 0.25) is 5.95 Å². The predicted molar refractivity (Wildman–Crippen MR) is 70.9 cm³/mol. The summed E-state index contributed by atoms with van der Waals surface area (Å²) in [5, 5.41) is 0. The highest BCUT2D eigenvalue weighted by Gasteiger charge is 2.45. The number of aromatic nitrogens is 1. The van der Waals surface area contributed by atoms with Crippen molar-refractivity contribution in [3.05, 3.63) is 28.2 Å². The molecule has 2 aliphatic heterocycles. The van der Waals surface area contributed by atoms with Gasteiger partial charge in [0.25, 0.3) is 0 Å². The third-order valence-corrected chi connectivity index (χ3v) is 4.53. The molecular formula is C12H15BrClFN2. The first-order valence-corrected chi connectivity index (χ1v) is 6.58. The van der Waals surface area contributed by atoms with Crippen LogP contribution in [0.3, 0.4) is 0 Å². The summed E-state index contributed by atoms with van der Waals surface area (Å²) < 4.78 is 13.6. The molecular weight excluding hydrogens is 307 g/mol. The molecule has 0 N–H and O–H groups in total. The van der Waals surface area contributed by atoms with Crippen LogP contribution in [-0.2, 0) is 5.54 Å². The second-order valence-electron chi connectivity index (χ2n) is 4.72. The van der Waals surface area contributed by atoms with Gasteiger partial charge >= 0.3 is 0 Å². The van der Waals surface area contributed by atoms with Crippen LogP contribution in [0.4, 0.5) is 4.39 Å². The number of fused-ring (bicyclic) bond motifs is 1. The Hall–Kier alpha value is -0.190. The number of pyridine rings is 1. The first-order valence-electron chi connectivity index (χ1n) is 5.79. The second-order valence-corrected chi connectivity index (χ2v) is 5.58. The molecule has 5 heteroatoms. The Bertz CT molecular complexity index is 417. The quantitative estimate of drug-likeness (QED) is 0.736. The van der Waals surface area contributed by atoms with Gasteiger partial charge < -0.3 is 0 Å². The van der Waals surface area contributed by atoms with Gasteiger partial charge in [-0.2, -0.15) is 4.39 Å². The van der Waals surface area contributed by atoms with Gasteiger partial charge in [-0.3, -0.25) is 4.90 Å². The lowest BCUT2D eigenvalue weighted by Crippen LogP contribution is -2.35. The van der Waals surface area contributed by atoms with Crippen LogP contribution in [0.25, 0.3) is 0 Å². The molecule has 0 unspecified atom stereocenters. The van der Waals surface area contributed by atoms with Gasteiger partial charge in [0.1, 0.15) is 0 Å². The molecule has 0 spiro atoms. The minimum Gasteiger partial charge on any atom is -0.294 e. The zero-order valence-corrected chi connectivity index (χ0v) is 11.9. The van der Waals surface area contributed by atoms with Crippen molar-refractivity contribution in [3.8, 4) is 0 Å². The number of halogens is 3. The Kier molecular flexibility index (Phi) is 3.76. The van der Waals surface area contributed by atoms with Gasteiger partial charge in [-0.1, -0.05) is 0 Å². The first-order chi connectivity index (χ1) is 7.72. The number of hydrogen-bond acceptors (Lipinski definition) is 2. The molecule has 0 aliphatic carbocycles. The predicted octanol–water partition coefficient (Wildman–Crippen LogP) is 3.49. The molecule has 3 heterocycles. The minimum absolute atomic E-state index is 0. The van der Waals surface area contributed by atoms with E-state index < -0.39 is 5.95 Å². The summed E-state index contributed by atoms with van der Waals surface area (Å²) in [6.45, 7) is 2.35. The summed E-state index contributed by atoms with van der Waals surface area (Å²) in [5.41, 5.74) is 1.33. The van der Waals surface area contributed by atoms with Crippen molar-refractivity contribution in [3.63, 3.8) is 0 Å². The van der Waals surface area contributed by atoms with Gasteiger partial charge in [-0.25, -0.2) is 4.98 Å². The summed E-state index contributed by atoms with van der Waals surface area (Å²) >= 11 is 3.23. The summed E-state index contributed by atoms with van der Waals surface area (Å²) in [7, 11) is 0. The highest BCUT2D eigenvalue weighted by atomic mass is 79.9. The van der Waals surface area contributed by atoms with Crippen molar-refractivity contribution >= 4 is 28.3 Å². The van der Waals surface area contributed by atoms with Crippen LogP contribution in [0, 0.1) is 5.95 Å². The average Bonchev–Trinajstić information content (AvgIpc) is 2.81. The fourth-order valence-corrected chi connectivity index (χ4v) is 3.60. The summed E-state index contributed by atoms with van der Waals surface area (Å²) in [6.07, 6.45) is 6.58. The van der Waals surface area contributed by atoms with Crippen LogP contribution in [0.5, 0.6) is 0 Å². The normalized spacial score (nSPS) is 22.2. The standard InChI is InChI=1S/C12H14BrFN2.ClH/c13-10-7-9(8-15-11(10)14)12-3-1-5-16(12)6-2-4-12;/h7-8H,1-6H2;1H. The molecule has 0 atom stereocenters. The first kappa shape index (κ1) is 13.2. The molecule has 94 valence electrons. The molecule has 2 saturated heterocycles. The molecule has 1 aromatic rings. The molecule has 2 nitrogen and oxygen atoms in total. The molecule has 0 aromatic carbocycles. The van der Waals surface area contributed by atoms with Crippen LogP contribution in [0.15, 0.2) is 16.7 Å². The molecule has 0 radical (unpaired) electrons. The SMILES string of the molecule is Cl.Fc1ncc(C23CCCN2CCC3)cc1Br. The zero-order chi connectivity index (χ0) is 11.2. The molecule has 0 saturated carbocycles. The summed E-state index contributed by atoms with van der Waals surface area (Å²) in [6, 6.07) is 1.91. The maximum Gasteiger partial charge on any atom is 0.227 e. The lowest BCUT2D eigenvalue weighted by Gasteiger charge is -2.32. The van der Waals surface area contributed by atoms with E-state index in [4.69, 9.17) is 0 Å². The highest BCUT2D eigenvalue weighted by Crippen LogP contribution is 2.46. The topological polar surface area (TPSA) is 16.1 Å².